The second-order valence-electron chi connectivity index (χ2n) is 12.2. The number of nitrogens with two attached hydrogens (primary N) is 2. The van der Waals surface area contributed by atoms with Crippen LogP contribution in [-0.2, 0) is 30.4 Å². The Hall–Kier alpha value is -4.55. The lowest BCUT2D eigenvalue weighted by Crippen LogP contribution is -2.57. The number of nitrogens with zero attached hydrogens (tertiary/aromatic N) is 3. The zero-order valence-electron chi connectivity index (χ0n) is 29.7. The molecule has 10 N–H and O–H groups in total. The third-order valence-electron chi connectivity index (χ3n) is 7.26. The number of Topliss-reactive ketones (excluding diaryl/α,β-unsaturated/α-hetero) is 1. The van der Waals surface area contributed by atoms with Crippen molar-refractivity contribution < 1.29 is 39.2 Å². The van der Waals surface area contributed by atoms with Gasteiger partial charge in [0.05, 0.1) is 18.6 Å². The Morgan fingerprint density at radius 1 is 1.00 bits per heavy atom. The molecule has 0 spiro atoms. The Morgan fingerprint density at radius 3 is 2.04 bits per heavy atom. The summed E-state index contributed by atoms with van der Waals surface area (Å²) in [5.41, 5.74) is 11.8. The molecule has 1 rings (SSSR count). The zero-order chi connectivity index (χ0) is 37.8. The first-order valence-electron chi connectivity index (χ1n) is 15.8. The van der Waals surface area contributed by atoms with Crippen molar-refractivity contribution in [2.75, 3.05) is 27.2 Å². The zero-order valence-corrected chi connectivity index (χ0v) is 30.5. The third-order valence-corrected chi connectivity index (χ3v) is 7.26. The summed E-state index contributed by atoms with van der Waals surface area (Å²) in [6.45, 7) is 9.08. The maximum atomic E-state index is 12.8. The number of benzene rings is 1. The van der Waals surface area contributed by atoms with E-state index in [4.69, 9.17) is 11.5 Å². The normalized spacial score (nSPS) is 14.0. The van der Waals surface area contributed by atoms with Crippen LogP contribution in [0.1, 0.15) is 59.4 Å². The molecule has 50 heavy (non-hydrogen) atoms. The predicted octanol–water partition coefficient (Wildman–Crippen LogP) is -0.0619. The number of phenols is 1. The second kappa shape index (κ2) is 24.6. The van der Waals surface area contributed by atoms with E-state index in [2.05, 4.69) is 26.4 Å². The Labute approximate surface area is 298 Å². The van der Waals surface area contributed by atoms with Gasteiger partial charge in [-0.2, -0.15) is 0 Å². The molecule has 0 aliphatic heterocycles. The van der Waals surface area contributed by atoms with Gasteiger partial charge in [0, 0.05) is 13.0 Å². The maximum absolute atomic E-state index is 12.8. The summed E-state index contributed by atoms with van der Waals surface area (Å²) in [5.74, 6) is -3.19. The van der Waals surface area contributed by atoms with Gasteiger partial charge in [0.15, 0.2) is 10.8 Å². The summed E-state index contributed by atoms with van der Waals surface area (Å²) in [6, 6.07) is 2.80. The highest BCUT2D eigenvalue weighted by Gasteiger charge is 2.31. The van der Waals surface area contributed by atoms with E-state index in [1.54, 1.807) is 51.9 Å². The number of aromatic hydroxyl groups is 1. The van der Waals surface area contributed by atoms with Crippen LogP contribution in [-0.4, -0.2) is 107 Å². The number of likely N-dealkylation sites (N-methyl/N-ethyl adjacent to an activating group) is 1. The highest BCUT2D eigenvalue weighted by atomic mass is 35.5. The SMILES string of the molecule is CC(=O)[C@H](CCCN/C(N)=N\[N+](=O)[O-])NC(=O)CN(C)C.CC[C@H](C)[C@H](NC(=O)[C@H](Cc1ccc(O)cc1)NC(=O)[C@@H](N)C(C)C)C(=O)O.Cl. The van der Waals surface area contributed by atoms with Crippen LogP contribution in [0.2, 0.25) is 0 Å². The molecular weight excluding hydrogens is 678 g/mol. The molecule has 284 valence electrons. The molecule has 0 fully saturated rings. The van der Waals surface area contributed by atoms with Crippen molar-refractivity contribution in [1.29, 1.82) is 0 Å². The van der Waals surface area contributed by atoms with Crippen LogP contribution in [0.15, 0.2) is 29.4 Å². The molecule has 0 saturated carbocycles. The number of carboxylic acids is 1. The van der Waals surface area contributed by atoms with E-state index in [1.807, 2.05) is 6.92 Å². The smallest absolute Gasteiger partial charge is 0.326 e. The van der Waals surface area contributed by atoms with Gasteiger partial charge < -0.3 is 47.8 Å². The van der Waals surface area contributed by atoms with Crippen molar-refractivity contribution in [3.63, 3.8) is 0 Å². The number of halogens is 1. The van der Waals surface area contributed by atoms with E-state index in [9.17, 15) is 44.3 Å². The molecule has 1 aromatic rings. The summed E-state index contributed by atoms with van der Waals surface area (Å²) in [4.78, 5) is 71.5. The molecule has 0 heterocycles. The van der Waals surface area contributed by atoms with Crippen molar-refractivity contribution in [1.82, 2.24) is 26.2 Å². The van der Waals surface area contributed by atoms with Crippen LogP contribution in [0.3, 0.4) is 0 Å². The van der Waals surface area contributed by atoms with Gasteiger partial charge in [-0.1, -0.05) is 46.2 Å². The van der Waals surface area contributed by atoms with Crippen LogP contribution in [0.5, 0.6) is 5.75 Å². The minimum Gasteiger partial charge on any atom is -0.508 e. The van der Waals surface area contributed by atoms with Crippen molar-refractivity contribution in [3.8, 4) is 5.75 Å². The molecule has 0 aliphatic rings. The number of hydrogen-bond acceptors (Lipinski definition) is 10. The first-order valence-corrected chi connectivity index (χ1v) is 15.8. The van der Waals surface area contributed by atoms with E-state index in [0.29, 0.717) is 31.4 Å². The third kappa shape index (κ3) is 20.1. The van der Waals surface area contributed by atoms with Gasteiger partial charge in [0.2, 0.25) is 17.7 Å². The number of carbonyl (C=O) groups excluding carboxylic acids is 4. The van der Waals surface area contributed by atoms with Gasteiger partial charge >= 0.3 is 5.97 Å². The highest BCUT2D eigenvalue weighted by molar-refractivity contribution is 5.92. The summed E-state index contributed by atoms with van der Waals surface area (Å²) in [6.07, 6.45) is 1.62. The average molecular weight is 732 g/mol. The molecule has 5 atom stereocenters. The Kier molecular flexibility index (Phi) is 23.4. The predicted molar refractivity (Wildman–Crippen MR) is 190 cm³/mol. The first kappa shape index (κ1) is 47.6. The number of phenolic OH excluding ortho intramolecular Hbond substituents is 1. The van der Waals surface area contributed by atoms with Crippen molar-refractivity contribution in [3.05, 3.63) is 39.9 Å². The molecule has 0 aromatic heterocycles. The van der Waals surface area contributed by atoms with E-state index in [0.717, 1.165) is 0 Å². The Morgan fingerprint density at radius 2 is 1.58 bits per heavy atom. The largest absolute Gasteiger partial charge is 0.508 e. The van der Waals surface area contributed by atoms with Gasteiger partial charge in [0.25, 0.3) is 5.96 Å². The molecule has 19 heteroatoms. The maximum Gasteiger partial charge on any atom is 0.326 e. The average Bonchev–Trinajstić information content (AvgIpc) is 3.00. The highest BCUT2D eigenvalue weighted by Crippen LogP contribution is 2.13. The molecule has 0 saturated heterocycles. The molecular formula is C31H54ClN9O9. The van der Waals surface area contributed by atoms with Gasteiger partial charge in [-0.05, 0) is 63.4 Å². The van der Waals surface area contributed by atoms with Gasteiger partial charge in [-0.25, -0.2) is 14.9 Å². The van der Waals surface area contributed by atoms with Crippen molar-refractivity contribution in [2.45, 2.75) is 84.5 Å². The minimum atomic E-state index is -1.13. The molecule has 0 aliphatic carbocycles. The van der Waals surface area contributed by atoms with Crippen LogP contribution in [0, 0.1) is 22.0 Å². The van der Waals surface area contributed by atoms with Crippen LogP contribution in [0.25, 0.3) is 0 Å². The fourth-order valence-corrected chi connectivity index (χ4v) is 4.13. The van der Waals surface area contributed by atoms with E-state index in [1.165, 1.54) is 19.1 Å². The minimum absolute atomic E-state index is 0. The number of rotatable bonds is 19. The molecule has 3 amide bonds. The van der Waals surface area contributed by atoms with Crippen molar-refractivity contribution in [2.24, 2.45) is 28.4 Å². The number of nitro groups is 1. The summed E-state index contributed by atoms with van der Waals surface area (Å²) in [5, 5.41) is 41.2. The number of aliphatic carboxylic acids is 1. The quantitative estimate of drug-likeness (QED) is 0.0305. The number of carbonyl (C=O) groups is 5. The van der Waals surface area contributed by atoms with E-state index >= 15 is 0 Å². The number of hydrazone groups is 1. The lowest BCUT2D eigenvalue weighted by atomic mass is 9.97. The number of amides is 3. The van der Waals surface area contributed by atoms with Gasteiger partial charge in [-0.3, -0.25) is 19.2 Å². The van der Waals surface area contributed by atoms with Crippen molar-refractivity contribution >= 4 is 47.8 Å². The monoisotopic (exact) mass is 731 g/mol. The molecule has 18 nitrogen and oxygen atoms in total. The summed E-state index contributed by atoms with van der Waals surface area (Å²) < 4.78 is 0. The fraction of sp³-hybridized carbons (Fsp3) is 0.613. The Bertz CT molecular complexity index is 1280. The Balaban J connectivity index is 0. The van der Waals surface area contributed by atoms with Gasteiger partial charge in [0.1, 0.15) is 22.9 Å². The number of guanidine groups is 1. The number of carboxylic acid groups (broad SMARTS) is 1. The molecule has 0 bridgehead atoms. The van der Waals surface area contributed by atoms with Gasteiger partial charge in [-0.15, -0.1) is 12.4 Å². The van der Waals surface area contributed by atoms with Crippen LogP contribution in [0.4, 0.5) is 0 Å². The van der Waals surface area contributed by atoms with E-state index in [-0.39, 0.29) is 60.6 Å². The molecule has 0 unspecified atom stereocenters. The summed E-state index contributed by atoms with van der Waals surface area (Å²) >= 11 is 0. The van der Waals surface area contributed by atoms with Crippen LogP contribution < -0.4 is 32.7 Å². The molecule has 0 radical (unpaired) electrons. The topological polar surface area (TPSA) is 285 Å². The fourth-order valence-electron chi connectivity index (χ4n) is 4.13. The molecule has 1 aromatic carbocycles. The lowest BCUT2D eigenvalue weighted by Gasteiger charge is -2.26. The summed E-state index contributed by atoms with van der Waals surface area (Å²) in [7, 11) is 3.51. The van der Waals surface area contributed by atoms with Crippen LogP contribution >= 0.6 is 12.4 Å². The number of hydrogen-bond donors (Lipinski definition) is 8. The lowest BCUT2D eigenvalue weighted by molar-refractivity contribution is -0.485. The van der Waals surface area contributed by atoms with E-state index < -0.39 is 47.0 Å². The second-order valence-corrected chi connectivity index (χ2v) is 12.2. The number of nitrogens with one attached hydrogen (secondary N) is 4. The number of ketones is 1. The standard InChI is InChI=1S/C20H31N3O5.C11H22N6O4.ClH/c1-5-12(4)17(20(27)28)23-18(25)15(22-19(26)16(21)11(2)3)10-13-6-8-14(24)9-7-13;1-8(18)9(14-10(19)7-16(2)3)5-4-6-13-11(12)15-17(20)21;/h6-9,11-12,15-17,24H,5,10,21H2,1-4H3,(H,22,26)(H,23,25)(H,27,28);9H,4-7H2,1-3H3,(H,14,19)(H3,12,13,15);1H/t12-,15-,16-,17-;9-;/m00./s1. The first-order chi connectivity index (χ1) is 22.8.